The predicted molar refractivity (Wildman–Crippen MR) is 143 cm³/mol. The number of benzene rings is 2. The van der Waals surface area contributed by atoms with Gasteiger partial charge in [0.05, 0.1) is 35.0 Å². The van der Waals surface area contributed by atoms with Gasteiger partial charge in [0.1, 0.15) is 5.75 Å². The number of hydrogen-bond acceptors (Lipinski definition) is 5. The van der Waals surface area contributed by atoms with E-state index in [4.69, 9.17) is 16.3 Å². The highest BCUT2D eigenvalue weighted by molar-refractivity contribution is 9.10. The minimum Gasteiger partial charge on any atom is -0.506 e. The summed E-state index contributed by atoms with van der Waals surface area (Å²) in [5.41, 5.74) is 4.24. The second kappa shape index (κ2) is 10.3. The molecule has 35 heavy (non-hydrogen) atoms. The molecule has 0 atom stereocenters. The summed E-state index contributed by atoms with van der Waals surface area (Å²) in [6.45, 7) is 2.48. The third kappa shape index (κ3) is 4.97. The van der Waals surface area contributed by atoms with Gasteiger partial charge in [0.15, 0.2) is 0 Å². The molecule has 0 aliphatic heterocycles. The molecule has 6 nitrogen and oxygen atoms in total. The number of esters is 1. The van der Waals surface area contributed by atoms with E-state index in [1.54, 1.807) is 24.3 Å². The summed E-state index contributed by atoms with van der Waals surface area (Å²) in [5, 5.41) is 12.5. The van der Waals surface area contributed by atoms with Crippen molar-refractivity contribution in [1.82, 2.24) is 14.1 Å². The molecule has 5 rings (SSSR count). The molecule has 2 aromatic heterocycles. The molecule has 1 aliphatic carbocycles. The van der Waals surface area contributed by atoms with Crippen molar-refractivity contribution >= 4 is 56.2 Å². The number of nitrogens with zero attached hydrogens (tertiary/aromatic N) is 3. The number of phenolic OH excluding ortho intramolecular Hbond substituents is 1. The number of halogens is 2. The Morgan fingerprint density at radius 2 is 2.14 bits per heavy atom. The molecule has 0 saturated heterocycles. The van der Waals surface area contributed by atoms with E-state index in [0.29, 0.717) is 39.0 Å². The summed E-state index contributed by atoms with van der Waals surface area (Å²) in [7, 11) is 0. The Morgan fingerprint density at radius 1 is 1.31 bits per heavy atom. The number of aromatic nitrogens is 3. The summed E-state index contributed by atoms with van der Waals surface area (Å²) in [4.78, 5) is 17.5. The SMILES string of the molecule is CCOC(=O)c1c(CSCc2cccc(Cl)c2)n(C2CC2)c2cc(Br)c(O)c(Cn3ccnc3)c12. The summed E-state index contributed by atoms with van der Waals surface area (Å²) < 4.78 is 10.3. The van der Waals surface area contributed by atoms with Crippen LogP contribution in [0.3, 0.4) is 0 Å². The highest BCUT2D eigenvalue weighted by Crippen LogP contribution is 2.47. The van der Waals surface area contributed by atoms with Crippen molar-refractivity contribution in [2.75, 3.05) is 6.61 Å². The molecular weight excluding hydrogens is 550 g/mol. The van der Waals surface area contributed by atoms with Gasteiger partial charge in [-0.15, -0.1) is 0 Å². The lowest BCUT2D eigenvalue weighted by molar-refractivity contribution is 0.0527. The van der Waals surface area contributed by atoms with Gasteiger partial charge in [-0.1, -0.05) is 23.7 Å². The second-order valence-electron chi connectivity index (χ2n) is 8.58. The highest BCUT2D eigenvalue weighted by Gasteiger charge is 2.34. The largest absolute Gasteiger partial charge is 0.506 e. The van der Waals surface area contributed by atoms with Gasteiger partial charge in [-0.2, -0.15) is 11.8 Å². The number of aromatic hydroxyl groups is 1. The molecule has 0 amide bonds. The first-order valence-corrected chi connectivity index (χ1v) is 13.8. The minimum atomic E-state index is -0.358. The fourth-order valence-corrected chi connectivity index (χ4v) is 6.14. The number of phenols is 1. The Bertz CT molecular complexity index is 1380. The van der Waals surface area contributed by atoms with Crippen molar-refractivity contribution in [2.24, 2.45) is 0 Å². The third-order valence-corrected chi connectivity index (χ3v) is 7.96. The maximum atomic E-state index is 13.4. The van der Waals surface area contributed by atoms with E-state index in [1.165, 1.54) is 0 Å². The number of thioether (sulfide) groups is 1. The van der Waals surface area contributed by atoms with Crippen molar-refractivity contribution < 1.29 is 14.6 Å². The predicted octanol–water partition coefficient (Wildman–Crippen LogP) is 6.95. The minimum absolute atomic E-state index is 0.128. The van der Waals surface area contributed by atoms with E-state index in [-0.39, 0.29) is 18.3 Å². The molecule has 1 N–H and O–H groups in total. The average molecular weight is 575 g/mol. The lowest BCUT2D eigenvalue weighted by Crippen LogP contribution is -2.10. The molecule has 1 saturated carbocycles. The van der Waals surface area contributed by atoms with Crippen LogP contribution in [-0.2, 0) is 22.8 Å². The van der Waals surface area contributed by atoms with E-state index in [1.807, 2.05) is 42.0 Å². The molecule has 0 spiro atoms. The van der Waals surface area contributed by atoms with Gasteiger partial charge in [0.2, 0.25) is 0 Å². The van der Waals surface area contributed by atoms with Crippen molar-refractivity contribution in [3.05, 3.63) is 80.9 Å². The van der Waals surface area contributed by atoms with Crippen LogP contribution in [0.25, 0.3) is 10.9 Å². The van der Waals surface area contributed by atoms with Gasteiger partial charge in [0.25, 0.3) is 0 Å². The van der Waals surface area contributed by atoms with Gasteiger partial charge < -0.3 is 19.0 Å². The number of carbonyl (C=O) groups is 1. The Kier molecular flexibility index (Phi) is 7.14. The number of fused-ring (bicyclic) bond motifs is 1. The Hall–Kier alpha value is -2.42. The van der Waals surface area contributed by atoms with E-state index in [0.717, 1.165) is 40.8 Å². The molecule has 1 aliphatic rings. The van der Waals surface area contributed by atoms with Crippen molar-refractivity contribution in [2.45, 2.75) is 43.9 Å². The number of imidazole rings is 1. The topological polar surface area (TPSA) is 69.3 Å². The molecule has 9 heteroatoms. The van der Waals surface area contributed by atoms with E-state index >= 15 is 0 Å². The average Bonchev–Trinajstić information content (AvgIpc) is 3.43. The number of rotatable bonds is 9. The van der Waals surface area contributed by atoms with Crippen LogP contribution in [0.15, 0.2) is 53.5 Å². The van der Waals surface area contributed by atoms with Crippen molar-refractivity contribution in [3.63, 3.8) is 0 Å². The van der Waals surface area contributed by atoms with Gasteiger partial charge in [-0.25, -0.2) is 9.78 Å². The van der Waals surface area contributed by atoms with Crippen LogP contribution in [-0.4, -0.2) is 31.8 Å². The number of hydrogen-bond donors (Lipinski definition) is 1. The first-order chi connectivity index (χ1) is 17.0. The van der Waals surface area contributed by atoms with Crippen LogP contribution in [0.4, 0.5) is 0 Å². The van der Waals surface area contributed by atoms with Crippen LogP contribution in [0.5, 0.6) is 5.75 Å². The molecule has 182 valence electrons. The Labute approximate surface area is 221 Å². The standard InChI is InChI=1S/C26H25BrClN3O3S/c1-2-34-26(33)24-22(14-35-13-16-4-3-5-17(28)10-16)31(18-6-7-18)21-11-20(27)25(32)19(23(21)24)12-30-9-8-29-15-30/h3-5,8-11,15,18,32H,2,6-7,12-14H2,1H3. The molecule has 2 heterocycles. The summed E-state index contributed by atoms with van der Waals surface area (Å²) in [6.07, 6.45) is 7.37. The fourth-order valence-electron chi connectivity index (χ4n) is 4.48. The zero-order valence-corrected chi connectivity index (χ0v) is 22.4. The molecule has 4 aromatic rings. The third-order valence-electron chi connectivity index (χ3n) is 6.11. The van der Waals surface area contributed by atoms with E-state index in [9.17, 15) is 9.90 Å². The normalized spacial score (nSPS) is 13.5. The van der Waals surface area contributed by atoms with Gasteiger partial charge in [-0.3, -0.25) is 0 Å². The Balaban J connectivity index is 1.65. The van der Waals surface area contributed by atoms with Gasteiger partial charge >= 0.3 is 5.97 Å². The van der Waals surface area contributed by atoms with Crippen LogP contribution in [0.1, 0.15) is 53.0 Å². The first kappa shape index (κ1) is 24.3. The van der Waals surface area contributed by atoms with Crippen LogP contribution >= 0.6 is 39.3 Å². The molecular formula is C26H25BrClN3O3S. The van der Waals surface area contributed by atoms with E-state index in [2.05, 4.69) is 31.5 Å². The number of ether oxygens (including phenoxy) is 1. The molecule has 0 bridgehead atoms. The Morgan fingerprint density at radius 3 is 2.83 bits per heavy atom. The first-order valence-electron chi connectivity index (χ1n) is 11.5. The summed E-state index contributed by atoms with van der Waals surface area (Å²) >= 11 is 11.4. The second-order valence-corrected chi connectivity index (χ2v) is 10.9. The zero-order chi connectivity index (χ0) is 24.5. The molecule has 0 unspecified atom stereocenters. The molecule has 0 radical (unpaired) electrons. The lowest BCUT2D eigenvalue weighted by atomic mass is 10.0. The zero-order valence-electron chi connectivity index (χ0n) is 19.2. The summed E-state index contributed by atoms with van der Waals surface area (Å²) in [5.74, 6) is 1.17. The smallest absolute Gasteiger partial charge is 0.340 e. The van der Waals surface area contributed by atoms with Gasteiger partial charge in [0, 0.05) is 51.6 Å². The molecule has 1 fully saturated rings. The van der Waals surface area contributed by atoms with Crippen molar-refractivity contribution in [1.29, 1.82) is 0 Å². The monoisotopic (exact) mass is 573 g/mol. The van der Waals surface area contributed by atoms with Crippen LogP contribution < -0.4 is 0 Å². The lowest BCUT2D eigenvalue weighted by Gasteiger charge is -2.12. The van der Waals surface area contributed by atoms with Crippen LogP contribution in [0.2, 0.25) is 5.02 Å². The number of carbonyl (C=O) groups excluding carboxylic acids is 1. The fraction of sp³-hybridized carbons (Fsp3) is 0.308. The highest BCUT2D eigenvalue weighted by atomic mass is 79.9. The molecule has 2 aromatic carbocycles. The van der Waals surface area contributed by atoms with Gasteiger partial charge in [-0.05, 0) is 59.5 Å². The van der Waals surface area contributed by atoms with E-state index < -0.39 is 0 Å². The van der Waals surface area contributed by atoms with Crippen LogP contribution in [0, 0.1) is 0 Å². The summed E-state index contributed by atoms with van der Waals surface area (Å²) in [6, 6.07) is 10.1. The maximum absolute atomic E-state index is 13.4. The maximum Gasteiger partial charge on any atom is 0.340 e. The van der Waals surface area contributed by atoms with Crippen molar-refractivity contribution in [3.8, 4) is 5.75 Å². The quantitative estimate of drug-likeness (QED) is 0.219.